The van der Waals surface area contributed by atoms with Crippen molar-refractivity contribution >= 4 is 5.78 Å². The Bertz CT molecular complexity index is 392. The first-order chi connectivity index (χ1) is 8.88. The van der Waals surface area contributed by atoms with Gasteiger partial charge < -0.3 is 9.47 Å². The average molecular weight is 264 g/mol. The normalized spacial score (nSPS) is 10.9. The van der Waals surface area contributed by atoms with E-state index in [1.165, 1.54) is 0 Å². The Labute approximate surface area is 115 Å². The molecule has 0 unspecified atom stereocenters. The molecule has 106 valence electrons. The van der Waals surface area contributed by atoms with Crippen LogP contribution in [-0.4, -0.2) is 19.0 Å². The molecule has 0 aliphatic rings. The molecule has 0 saturated heterocycles. The summed E-state index contributed by atoms with van der Waals surface area (Å²) in [4.78, 5) is 11.5. The van der Waals surface area contributed by atoms with Gasteiger partial charge in [-0.2, -0.15) is 0 Å². The fraction of sp³-hybridized carbons (Fsp3) is 0.562. The van der Waals surface area contributed by atoms with Gasteiger partial charge in [-0.1, -0.05) is 27.7 Å². The summed E-state index contributed by atoms with van der Waals surface area (Å²) in [6, 6.07) is 5.39. The van der Waals surface area contributed by atoms with Gasteiger partial charge in [0.2, 0.25) is 0 Å². The number of Topliss-reactive ketones (excluding diaryl/α,β-unsaturated/α-hetero) is 1. The highest BCUT2D eigenvalue weighted by molar-refractivity contribution is 5.94. The third-order valence-electron chi connectivity index (χ3n) is 2.45. The Balaban J connectivity index is 2.87. The summed E-state index contributed by atoms with van der Waals surface area (Å²) in [5.74, 6) is 2.30. The van der Waals surface area contributed by atoms with Crippen LogP contribution in [0.3, 0.4) is 0 Å². The van der Waals surface area contributed by atoms with Crippen LogP contribution in [0.25, 0.3) is 0 Å². The molecule has 1 aromatic carbocycles. The largest absolute Gasteiger partial charge is 0.493 e. The van der Waals surface area contributed by atoms with Crippen molar-refractivity contribution in [1.82, 2.24) is 0 Å². The summed E-state index contributed by atoms with van der Waals surface area (Å²) < 4.78 is 11.3. The van der Waals surface area contributed by atoms with E-state index in [4.69, 9.17) is 9.47 Å². The fourth-order valence-electron chi connectivity index (χ4n) is 1.47. The monoisotopic (exact) mass is 264 g/mol. The van der Waals surface area contributed by atoms with Gasteiger partial charge in [-0.05, 0) is 30.9 Å². The number of ketones is 1. The van der Waals surface area contributed by atoms with Crippen molar-refractivity contribution in [1.29, 1.82) is 0 Å². The minimum Gasteiger partial charge on any atom is -0.493 e. The van der Waals surface area contributed by atoms with Crippen molar-refractivity contribution in [2.45, 2.75) is 34.6 Å². The van der Waals surface area contributed by atoms with E-state index < -0.39 is 0 Å². The Morgan fingerprint density at radius 3 is 1.68 bits per heavy atom. The average Bonchev–Trinajstić information content (AvgIpc) is 2.33. The third-order valence-corrected chi connectivity index (χ3v) is 2.45. The van der Waals surface area contributed by atoms with E-state index in [1.807, 2.05) is 6.07 Å². The lowest BCUT2D eigenvalue weighted by Crippen LogP contribution is -2.07. The van der Waals surface area contributed by atoms with Crippen LogP contribution in [0.15, 0.2) is 18.2 Å². The molecule has 3 heteroatoms. The van der Waals surface area contributed by atoms with Gasteiger partial charge in [0, 0.05) is 11.6 Å². The highest BCUT2D eigenvalue weighted by Gasteiger charge is 2.08. The van der Waals surface area contributed by atoms with E-state index >= 15 is 0 Å². The summed E-state index contributed by atoms with van der Waals surface area (Å²) in [6.07, 6.45) is 0. The van der Waals surface area contributed by atoms with Gasteiger partial charge in [-0.15, -0.1) is 0 Å². The third kappa shape index (κ3) is 5.77. The minimum absolute atomic E-state index is 0.0180. The lowest BCUT2D eigenvalue weighted by Gasteiger charge is -2.13. The number of benzene rings is 1. The molecule has 0 amide bonds. The molecule has 0 atom stereocenters. The lowest BCUT2D eigenvalue weighted by molar-refractivity contribution is 0.101. The number of carbonyl (C=O) groups excluding carboxylic acids is 1. The molecule has 0 N–H and O–H groups in total. The second-order valence-electron chi connectivity index (χ2n) is 5.66. The Morgan fingerprint density at radius 2 is 1.37 bits per heavy atom. The second-order valence-corrected chi connectivity index (χ2v) is 5.66. The first kappa shape index (κ1) is 15.5. The van der Waals surface area contributed by atoms with Crippen LogP contribution in [0.2, 0.25) is 0 Å². The van der Waals surface area contributed by atoms with Crippen LogP contribution in [0, 0.1) is 11.8 Å². The SMILES string of the molecule is CC(=O)c1cc(OCC(C)C)cc(OCC(C)C)c1. The fourth-order valence-corrected chi connectivity index (χ4v) is 1.47. The quantitative estimate of drug-likeness (QED) is 0.699. The molecule has 0 radical (unpaired) electrons. The maximum absolute atomic E-state index is 11.5. The molecule has 0 heterocycles. The van der Waals surface area contributed by atoms with E-state index in [-0.39, 0.29) is 5.78 Å². The van der Waals surface area contributed by atoms with Crippen molar-refractivity contribution in [2.24, 2.45) is 11.8 Å². The molecule has 0 aliphatic heterocycles. The summed E-state index contributed by atoms with van der Waals surface area (Å²) in [7, 11) is 0. The minimum atomic E-state index is 0.0180. The zero-order valence-corrected chi connectivity index (χ0v) is 12.5. The van der Waals surface area contributed by atoms with Crippen LogP contribution in [0.1, 0.15) is 45.0 Å². The maximum atomic E-state index is 11.5. The van der Waals surface area contributed by atoms with Crippen molar-refractivity contribution in [3.05, 3.63) is 23.8 Å². The van der Waals surface area contributed by atoms with E-state index in [0.717, 1.165) is 0 Å². The zero-order chi connectivity index (χ0) is 14.4. The molecular formula is C16H24O3. The van der Waals surface area contributed by atoms with Gasteiger partial charge in [-0.25, -0.2) is 0 Å². The number of hydrogen-bond acceptors (Lipinski definition) is 3. The smallest absolute Gasteiger partial charge is 0.160 e. The molecule has 0 fully saturated rings. The van der Waals surface area contributed by atoms with Crippen LogP contribution < -0.4 is 9.47 Å². The number of hydrogen-bond donors (Lipinski definition) is 0. The van der Waals surface area contributed by atoms with E-state index in [1.54, 1.807) is 19.1 Å². The van der Waals surface area contributed by atoms with Gasteiger partial charge in [-0.3, -0.25) is 4.79 Å². The van der Waals surface area contributed by atoms with Crippen LogP contribution in [0.4, 0.5) is 0 Å². The Morgan fingerprint density at radius 1 is 0.947 bits per heavy atom. The molecule has 1 rings (SSSR count). The topological polar surface area (TPSA) is 35.5 Å². The molecule has 0 spiro atoms. The number of rotatable bonds is 7. The van der Waals surface area contributed by atoms with Crippen molar-refractivity contribution < 1.29 is 14.3 Å². The first-order valence-electron chi connectivity index (χ1n) is 6.80. The van der Waals surface area contributed by atoms with Gasteiger partial charge in [0.05, 0.1) is 13.2 Å². The van der Waals surface area contributed by atoms with Crippen LogP contribution in [-0.2, 0) is 0 Å². The molecule has 19 heavy (non-hydrogen) atoms. The second kappa shape index (κ2) is 7.17. The van der Waals surface area contributed by atoms with Gasteiger partial charge >= 0.3 is 0 Å². The molecule has 0 bridgehead atoms. The van der Waals surface area contributed by atoms with Gasteiger partial charge in [0.15, 0.2) is 5.78 Å². The predicted octanol–water partition coefficient (Wildman–Crippen LogP) is 3.96. The number of ether oxygens (including phenoxy) is 2. The highest BCUT2D eigenvalue weighted by atomic mass is 16.5. The molecule has 1 aromatic rings. The van der Waals surface area contributed by atoms with Gasteiger partial charge in [0.1, 0.15) is 11.5 Å². The summed E-state index contributed by atoms with van der Waals surface area (Å²) in [5, 5.41) is 0. The molecule has 0 aromatic heterocycles. The molecular weight excluding hydrogens is 240 g/mol. The number of carbonyl (C=O) groups is 1. The van der Waals surface area contributed by atoms with Crippen molar-refractivity contribution in [3.8, 4) is 11.5 Å². The van der Waals surface area contributed by atoms with Crippen LogP contribution in [0.5, 0.6) is 11.5 Å². The Kier molecular flexibility index (Phi) is 5.87. The summed E-state index contributed by atoms with van der Waals surface area (Å²) in [6.45, 7) is 11.2. The van der Waals surface area contributed by atoms with Crippen molar-refractivity contribution in [2.75, 3.05) is 13.2 Å². The van der Waals surface area contributed by atoms with Gasteiger partial charge in [0.25, 0.3) is 0 Å². The molecule has 3 nitrogen and oxygen atoms in total. The highest BCUT2D eigenvalue weighted by Crippen LogP contribution is 2.24. The maximum Gasteiger partial charge on any atom is 0.160 e. The lowest BCUT2D eigenvalue weighted by atomic mass is 10.1. The standard InChI is InChI=1S/C16H24O3/c1-11(2)9-18-15-6-14(13(5)17)7-16(8-15)19-10-12(3)4/h6-8,11-12H,9-10H2,1-5H3. The first-order valence-corrected chi connectivity index (χ1v) is 6.80. The summed E-state index contributed by atoms with van der Waals surface area (Å²) >= 11 is 0. The predicted molar refractivity (Wildman–Crippen MR) is 77.1 cm³/mol. The molecule has 0 saturated carbocycles. The van der Waals surface area contributed by atoms with Crippen LogP contribution >= 0.6 is 0 Å². The molecule has 0 aliphatic carbocycles. The van der Waals surface area contributed by atoms with E-state index in [2.05, 4.69) is 27.7 Å². The van der Waals surface area contributed by atoms with Crippen molar-refractivity contribution in [3.63, 3.8) is 0 Å². The summed E-state index contributed by atoms with van der Waals surface area (Å²) in [5.41, 5.74) is 0.625. The van der Waals surface area contributed by atoms with E-state index in [9.17, 15) is 4.79 Å². The van der Waals surface area contributed by atoms with E-state index in [0.29, 0.717) is 42.1 Å². The zero-order valence-electron chi connectivity index (χ0n) is 12.5. The Hall–Kier alpha value is -1.51.